The molecular formula is C11H17IN2O. The minimum absolute atomic E-state index is 0. The first-order valence-electron chi connectivity index (χ1n) is 4.58. The molecule has 1 aromatic rings. The van der Waals surface area contributed by atoms with Gasteiger partial charge in [0.25, 0.3) is 5.91 Å². The van der Waals surface area contributed by atoms with Crippen LogP contribution < -0.4 is 29.7 Å². The molecule has 0 saturated heterocycles. The molecule has 1 rings (SSSR count). The molecule has 3 nitrogen and oxygen atoms in total. The van der Waals surface area contributed by atoms with E-state index in [1.165, 1.54) is 0 Å². The smallest absolute Gasteiger partial charge is 0.280 e. The summed E-state index contributed by atoms with van der Waals surface area (Å²) in [6.45, 7) is 0. The maximum Gasteiger partial charge on any atom is 0.280 e. The van der Waals surface area contributed by atoms with Crippen LogP contribution >= 0.6 is 0 Å². The minimum atomic E-state index is -0.288. The van der Waals surface area contributed by atoms with Gasteiger partial charge in [0.15, 0.2) is 6.04 Å². The quantitative estimate of drug-likeness (QED) is 0.504. The summed E-state index contributed by atoms with van der Waals surface area (Å²) in [6.07, 6.45) is 0. The molecule has 0 saturated carbocycles. The van der Waals surface area contributed by atoms with E-state index in [1.807, 2.05) is 51.5 Å². The highest BCUT2D eigenvalue weighted by atomic mass is 127. The Labute approximate surface area is 108 Å². The Bertz CT molecular complexity index is 319. The topological polar surface area (TPSA) is 43.1 Å². The molecule has 0 bridgehead atoms. The third kappa shape index (κ3) is 3.79. The largest absolute Gasteiger partial charge is 1.00 e. The van der Waals surface area contributed by atoms with Gasteiger partial charge in [-0.3, -0.25) is 4.79 Å². The summed E-state index contributed by atoms with van der Waals surface area (Å²) < 4.78 is 0.513. The van der Waals surface area contributed by atoms with Crippen LogP contribution in [-0.4, -0.2) is 31.5 Å². The van der Waals surface area contributed by atoms with Gasteiger partial charge in [0.05, 0.1) is 21.1 Å². The molecule has 4 heteroatoms. The number of quaternary nitrogens is 1. The van der Waals surface area contributed by atoms with Crippen molar-refractivity contribution in [3.63, 3.8) is 0 Å². The second-order valence-corrected chi connectivity index (χ2v) is 4.33. The van der Waals surface area contributed by atoms with Gasteiger partial charge >= 0.3 is 0 Å². The van der Waals surface area contributed by atoms with Crippen molar-refractivity contribution in [3.8, 4) is 0 Å². The number of halogens is 1. The number of hydrogen-bond donors (Lipinski definition) is 1. The molecule has 0 aliphatic rings. The van der Waals surface area contributed by atoms with E-state index in [2.05, 4.69) is 0 Å². The van der Waals surface area contributed by atoms with Crippen molar-refractivity contribution in [1.82, 2.24) is 0 Å². The fourth-order valence-corrected chi connectivity index (χ4v) is 1.63. The Balaban J connectivity index is 0.00000196. The molecule has 2 N–H and O–H groups in total. The molecule has 1 amide bonds. The van der Waals surface area contributed by atoms with Crippen molar-refractivity contribution in [3.05, 3.63) is 35.9 Å². The van der Waals surface area contributed by atoms with E-state index in [9.17, 15) is 4.79 Å². The van der Waals surface area contributed by atoms with Crippen LogP contribution in [-0.2, 0) is 4.79 Å². The van der Waals surface area contributed by atoms with Crippen LogP contribution in [0.1, 0.15) is 11.6 Å². The summed E-state index contributed by atoms with van der Waals surface area (Å²) >= 11 is 0. The van der Waals surface area contributed by atoms with E-state index >= 15 is 0 Å². The molecule has 0 radical (unpaired) electrons. The molecule has 84 valence electrons. The van der Waals surface area contributed by atoms with Gasteiger partial charge in [-0.1, -0.05) is 30.3 Å². The Kier molecular flexibility index (Phi) is 5.23. The average Bonchev–Trinajstić information content (AvgIpc) is 2.02. The molecule has 0 aromatic heterocycles. The van der Waals surface area contributed by atoms with Crippen LogP contribution in [0.5, 0.6) is 0 Å². The van der Waals surface area contributed by atoms with Crippen LogP contribution in [0.25, 0.3) is 0 Å². The van der Waals surface area contributed by atoms with Crippen molar-refractivity contribution in [1.29, 1.82) is 0 Å². The standard InChI is InChI=1S/C11H16N2O.HI/c1-13(2,3)10(11(12)14)9-7-5-4-6-8-9;/h4-8,10H,1-3H3,(H-,12,14);1H. The van der Waals surface area contributed by atoms with Gasteiger partial charge in [-0.05, 0) is 0 Å². The van der Waals surface area contributed by atoms with Crippen LogP contribution in [0.3, 0.4) is 0 Å². The highest BCUT2D eigenvalue weighted by molar-refractivity contribution is 5.80. The second-order valence-electron chi connectivity index (χ2n) is 4.33. The number of carbonyl (C=O) groups is 1. The number of benzene rings is 1. The number of rotatable bonds is 3. The van der Waals surface area contributed by atoms with Crippen LogP contribution in [0.2, 0.25) is 0 Å². The highest BCUT2D eigenvalue weighted by Crippen LogP contribution is 2.22. The van der Waals surface area contributed by atoms with Crippen molar-refractivity contribution < 1.29 is 33.3 Å². The maximum atomic E-state index is 11.4. The summed E-state index contributed by atoms with van der Waals surface area (Å²) in [7, 11) is 5.88. The Morgan fingerprint density at radius 1 is 1.20 bits per heavy atom. The van der Waals surface area contributed by atoms with Gasteiger partial charge in [-0.15, -0.1) is 0 Å². The van der Waals surface area contributed by atoms with E-state index in [1.54, 1.807) is 0 Å². The van der Waals surface area contributed by atoms with Gasteiger partial charge in [-0.2, -0.15) is 0 Å². The molecule has 0 aliphatic heterocycles. The number of primary amides is 1. The van der Waals surface area contributed by atoms with Gasteiger partial charge in [0.2, 0.25) is 0 Å². The fourth-order valence-electron chi connectivity index (χ4n) is 1.63. The lowest BCUT2D eigenvalue weighted by atomic mass is 10.0. The van der Waals surface area contributed by atoms with Gasteiger partial charge in [0, 0.05) is 5.56 Å². The summed E-state index contributed by atoms with van der Waals surface area (Å²) in [5.74, 6) is -0.288. The first-order chi connectivity index (χ1) is 6.43. The Hall–Kier alpha value is -0.620. The Morgan fingerprint density at radius 3 is 2.00 bits per heavy atom. The number of likely N-dealkylation sites (N-methyl/N-ethyl adjacent to an activating group) is 1. The zero-order valence-electron chi connectivity index (χ0n) is 9.27. The SMILES string of the molecule is C[N+](C)(C)C(C(N)=O)c1ccccc1.[I-]. The predicted octanol–water partition coefficient (Wildman–Crippen LogP) is -2.08. The minimum Gasteiger partial charge on any atom is -1.00 e. The number of nitrogens with zero attached hydrogens (tertiary/aromatic N) is 1. The predicted molar refractivity (Wildman–Crippen MR) is 56.4 cm³/mol. The summed E-state index contributed by atoms with van der Waals surface area (Å²) in [5, 5.41) is 0. The number of nitrogens with two attached hydrogens (primary N) is 1. The van der Waals surface area contributed by atoms with Crippen molar-refractivity contribution in [2.75, 3.05) is 21.1 Å². The monoisotopic (exact) mass is 320 g/mol. The highest BCUT2D eigenvalue weighted by Gasteiger charge is 2.30. The van der Waals surface area contributed by atoms with Crippen molar-refractivity contribution >= 4 is 5.91 Å². The lowest BCUT2D eigenvalue weighted by molar-refractivity contribution is -0.892. The summed E-state index contributed by atoms with van der Waals surface area (Å²) in [4.78, 5) is 11.4. The number of amides is 1. The molecule has 15 heavy (non-hydrogen) atoms. The molecule has 0 aliphatic carbocycles. The molecule has 1 atom stereocenters. The summed E-state index contributed by atoms with van der Waals surface area (Å²) in [6, 6.07) is 9.34. The van der Waals surface area contributed by atoms with Gasteiger partial charge < -0.3 is 34.2 Å². The number of hydrogen-bond acceptors (Lipinski definition) is 1. The van der Waals surface area contributed by atoms with Crippen LogP contribution in [0, 0.1) is 0 Å². The third-order valence-electron chi connectivity index (χ3n) is 2.16. The lowest BCUT2D eigenvalue weighted by Crippen LogP contribution is -3.00. The number of carbonyl (C=O) groups excluding carboxylic acids is 1. The fraction of sp³-hybridized carbons (Fsp3) is 0.364. The van der Waals surface area contributed by atoms with E-state index in [0.717, 1.165) is 5.56 Å². The zero-order valence-corrected chi connectivity index (χ0v) is 11.4. The van der Waals surface area contributed by atoms with E-state index in [4.69, 9.17) is 5.73 Å². The lowest BCUT2D eigenvalue weighted by Gasteiger charge is -2.31. The average molecular weight is 320 g/mol. The summed E-state index contributed by atoms with van der Waals surface area (Å²) in [5.41, 5.74) is 6.37. The molecular weight excluding hydrogens is 303 g/mol. The van der Waals surface area contributed by atoms with Crippen molar-refractivity contribution in [2.45, 2.75) is 6.04 Å². The van der Waals surface area contributed by atoms with Crippen molar-refractivity contribution in [2.24, 2.45) is 5.73 Å². The Morgan fingerprint density at radius 2 is 1.67 bits per heavy atom. The second kappa shape index (κ2) is 5.46. The molecule has 0 heterocycles. The normalized spacial score (nSPS) is 12.7. The third-order valence-corrected chi connectivity index (χ3v) is 2.16. The van der Waals surface area contributed by atoms with Gasteiger partial charge in [0.1, 0.15) is 0 Å². The zero-order chi connectivity index (χ0) is 10.8. The first kappa shape index (κ1) is 14.4. The maximum absolute atomic E-state index is 11.4. The van der Waals surface area contributed by atoms with E-state index in [-0.39, 0.29) is 35.9 Å². The van der Waals surface area contributed by atoms with E-state index in [0.29, 0.717) is 4.48 Å². The molecule has 1 unspecified atom stereocenters. The molecule has 0 fully saturated rings. The van der Waals surface area contributed by atoms with E-state index < -0.39 is 0 Å². The first-order valence-corrected chi connectivity index (χ1v) is 4.58. The van der Waals surface area contributed by atoms with Crippen LogP contribution in [0.4, 0.5) is 0 Å². The van der Waals surface area contributed by atoms with Gasteiger partial charge in [-0.25, -0.2) is 0 Å². The molecule has 0 spiro atoms. The van der Waals surface area contributed by atoms with Crippen LogP contribution in [0.15, 0.2) is 30.3 Å². The molecule has 1 aromatic carbocycles.